The highest BCUT2D eigenvalue weighted by molar-refractivity contribution is 7.20. The van der Waals surface area contributed by atoms with Crippen molar-refractivity contribution in [2.45, 2.75) is 6.42 Å². The fraction of sp³-hybridized carbons (Fsp3) is 0.500. The number of hydrogen-bond acceptors (Lipinski definition) is 1. The van der Waals surface area contributed by atoms with Gasteiger partial charge in [-0.1, -0.05) is 11.9 Å². The van der Waals surface area contributed by atoms with Gasteiger partial charge in [0.15, 0.2) is 0 Å². The summed E-state index contributed by atoms with van der Waals surface area (Å²) in [6, 6.07) is 0. The standard InChI is InChI=1S/C4H9OP/c5-3-1-2-4-6/h2,4-5H,1,3,6H2. The molecule has 0 aliphatic heterocycles. The predicted molar refractivity (Wildman–Crippen MR) is 30.6 cm³/mol. The first kappa shape index (κ1) is 6.13. The van der Waals surface area contributed by atoms with Crippen LogP contribution in [0.4, 0.5) is 0 Å². The zero-order chi connectivity index (χ0) is 4.83. The molecule has 0 spiro atoms. The van der Waals surface area contributed by atoms with E-state index in [9.17, 15) is 0 Å². The Morgan fingerprint density at radius 2 is 2.33 bits per heavy atom. The van der Waals surface area contributed by atoms with Crippen molar-refractivity contribution in [3.05, 3.63) is 11.9 Å². The van der Waals surface area contributed by atoms with E-state index in [1.165, 1.54) is 0 Å². The van der Waals surface area contributed by atoms with Crippen molar-refractivity contribution in [1.82, 2.24) is 0 Å². The minimum atomic E-state index is 0.255. The normalized spacial score (nSPS) is 10.3. The Kier molecular flexibility index (Phi) is 5.24. The Hall–Kier alpha value is 0.130. The third-order valence-electron chi connectivity index (χ3n) is 0.432. The van der Waals surface area contributed by atoms with Crippen molar-refractivity contribution in [1.29, 1.82) is 0 Å². The van der Waals surface area contributed by atoms with Gasteiger partial charge < -0.3 is 5.11 Å². The molecule has 0 heterocycles. The van der Waals surface area contributed by atoms with Gasteiger partial charge in [-0.05, 0) is 6.42 Å². The number of rotatable bonds is 2. The molecule has 0 bridgehead atoms. The Bertz CT molecular complexity index is 42.8. The summed E-state index contributed by atoms with van der Waals surface area (Å²) < 4.78 is 0. The fourth-order valence-electron chi connectivity index (χ4n) is 0.171. The molecule has 0 saturated carbocycles. The maximum atomic E-state index is 8.14. The van der Waals surface area contributed by atoms with Gasteiger partial charge in [0.2, 0.25) is 0 Å². The van der Waals surface area contributed by atoms with Crippen LogP contribution in [0.2, 0.25) is 0 Å². The fourth-order valence-corrected chi connectivity index (χ4v) is 0.363. The highest BCUT2D eigenvalue weighted by Crippen LogP contribution is 1.85. The molecule has 0 fully saturated rings. The van der Waals surface area contributed by atoms with Crippen LogP contribution in [-0.2, 0) is 0 Å². The van der Waals surface area contributed by atoms with E-state index in [4.69, 9.17) is 5.11 Å². The first-order valence-electron chi connectivity index (χ1n) is 1.89. The smallest absolute Gasteiger partial charge is 0.0465 e. The molecule has 0 aliphatic carbocycles. The molecule has 1 nitrogen and oxygen atoms in total. The second-order valence-electron chi connectivity index (χ2n) is 0.940. The molecule has 0 saturated heterocycles. The van der Waals surface area contributed by atoms with Crippen LogP contribution in [0.15, 0.2) is 11.9 Å². The van der Waals surface area contributed by atoms with Gasteiger partial charge in [0.25, 0.3) is 0 Å². The lowest BCUT2D eigenvalue weighted by Gasteiger charge is -1.76. The monoisotopic (exact) mass is 104 g/mol. The molecule has 0 aromatic carbocycles. The van der Waals surface area contributed by atoms with Gasteiger partial charge in [-0.15, -0.1) is 9.24 Å². The van der Waals surface area contributed by atoms with Crippen LogP contribution in [0.3, 0.4) is 0 Å². The molecule has 2 heteroatoms. The van der Waals surface area contributed by atoms with Crippen LogP contribution in [0.5, 0.6) is 0 Å². The van der Waals surface area contributed by atoms with E-state index < -0.39 is 0 Å². The summed E-state index contributed by atoms with van der Waals surface area (Å²) in [5.74, 6) is 1.84. The van der Waals surface area contributed by atoms with Gasteiger partial charge in [-0.2, -0.15) is 0 Å². The van der Waals surface area contributed by atoms with E-state index in [1.807, 2.05) is 11.9 Å². The molecule has 0 aromatic rings. The van der Waals surface area contributed by atoms with Gasteiger partial charge in [-0.25, -0.2) is 0 Å². The van der Waals surface area contributed by atoms with Crippen LogP contribution < -0.4 is 0 Å². The second-order valence-corrected chi connectivity index (χ2v) is 1.33. The molecule has 0 rings (SSSR count). The topological polar surface area (TPSA) is 20.2 Å². The third kappa shape index (κ3) is 4.13. The average Bonchev–Trinajstić information content (AvgIpc) is 1.61. The number of aliphatic hydroxyl groups excluding tert-OH is 1. The maximum absolute atomic E-state index is 8.14. The van der Waals surface area contributed by atoms with Crippen molar-refractivity contribution >= 4 is 9.24 Å². The van der Waals surface area contributed by atoms with Gasteiger partial charge in [0.05, 0.1) is 0 Å². The molecule has 0 aromatic heterocycles. The van der Waals surface area contributed by atoms with Crippen molar-refractivity contribution in [3.8, 4) is 0 Å². The summed E-state index contributed by atoms with van der Waals surface area (Å²) in [7, 11) is 2.44. The minimum absolute atomic E-state index is 0.255. The predicted octanol–water partition coefficient (Wildman–Crippen LogP) is 0.758. The Balaban J connectivity index is 2.66. The summed E-state index contributed by atoms with van der Waals surface area (Å²) in [5, 5.41) is 8.14. The zero-order valence-electron chi connectivity index (χ0n) is 3.59. The van der Waals surface area contributed by atoms with E-state index in [0.29, 0.717) is 0 Å². The lowest BCUT2D eigenvalue weighted by Crippen LogP contribution is -1.72. The largest absolute Gasteiger partial charge is 0.396 e. The highest BCUT2D eigenvalue weighted by Gasteiger charge is 1.65. The zero-order valence-corrected chi connectivity index (χ0v) is 4.75. The Labute approximate surface area is 40.3 Å². The lowest BCUT2D eigenvalue weighted by molar-refractivity contribution is 0.302. The quantitative estimate of drug-likeness (QED) is 0.513. The van der Waals surface area contributed by atoms with Gasteiger partial charge >= 0.3 is 0 Å². The van der Waals surface area contributed by atoms with E-state index in [0.717, 1.165) is 6.42 Å². The van der Waals surface area contributed by atoms with Crippen LogP contribution in [0.25, 0.3) is 0 Å². The van der Waals surface area contributed by atoms with Gasteiger partial charge in [-0.3, -0.25) is 0 Å². The lowest BCUT2D eigenvalue weighted by atomic mass is 10.5. The van der Waals surface area contributed by atoms with Crippen LogP contribution in [0.1, 0.15) is 6.42 Å². The molecule has 1 unspecified atom stereocenters. The molecule has 0 aliphatic rings. The maximum Gasteiger partial charge on any atom is 0.0465 e. The van der Waals surface area contributed by atoms with E-state index >= 15 is 0 Å². The SMILES string of the molecule is OCCC=CP. The van der Waals surface area contributed by atoms with Crippen molar-refractivity contribution in [2.24, 2.45) is 0 Å². The number of aliphatic hydroxyl groups is 1. The van der Waals surface area contributed by atoms with Gasteiger partial charge in [0.1, 0.15) is 0 Å². The van der Waals surface area contributed by atoms with Crippen LogP contribution >= 0.6 is 9.24 Å². The third-order valence-corrected chi connectivity index (χ3v) is 0.704. The second kappa shape index (κ2) is 5.13. The molecule has 36 valence electrons. The molecular formula is C4H9OP. The summed E-state index contributed by atoms with van der Waals surface area (Å²) in [4.78, 5) is 0. The number of hydrogen-bond donors (Lipinski definition) is 1. The Morgan fingerprint density at radius 1 is 1.67 bits per heavy atom. The average molecular weight is 104 g/mol. The summed E-state index contributed by atoms with van der Waals surface area (Å²) in [5.41, 5.74) is 0. The van der Waals surface area contributed by atoms with Crippen molar-refractivity contribution in [2.75, 3.05) is 6.61 Å². The molecule has 0 radical (unpaired) electrons. The van der Waals surface area contributed by atoms with Crippen molar-refractivity contribution in [3.63, 3.8) is 0 Å². The van der Waals surface area contributed by atoms with E-state index in [2.05, 4.69) is 9.24 Å². The van der Waals surface area contributed by atoms with Crippen LogP contribution in [0, 0.1) is 0 Å². The molecule has 0 amide bonds. The summed E-state index contributed by atoms with van der Waals surface area (Å²) in [6.07, 6.45) is 2.66. The molecule has 6 heavy (non-hydrogen) atoms. The minimum Gasteiger partial charge on any atom is -0.396 e. The first-order valence-corrected chi connectivity index (χ1v) is 2.56. The molecule has 1 atom stereocenters. The van der Waals surface area contributed by atoms with Crippen molar-refractivity contribution < 1.29 is 5.11 Å². The highest BCUT2D eigenvalue weighted by atomic mass is 31.0. The van der Waals surface area contributed by atoms with E-state index in [1.54, 1.807) is 0 Å². The summed E-state index contributed by atoms with van der Waals surface area (Å²) >= 11 is 0. The van der Waals surface area contributed by atoms with Gasteiger partial charge in [0, 0.05) is 6.61 Å². The summed E-state index contributed by atoms with van der Waals surface area (Å²) in [6.45, 7) is 0.255. The first-order chi connectivity index (χ1) is 2.91. The van der Waals surface area contributed by atoms with E-state index in [-0.39, 0.29) is 6.61 Å². The Morgan fingerprint density at radius 3 is 2.50 bits per heavy atom. The van der Waals surface area contributed by atoms with Crippen LogP contribution in [-0.4, -0.2) is 11.7 Å². The molecular weight excluding hydrogens is 95.0 g/mol. The molecule has 1 N–H and O–H groups in total.